The highest BCUT2D eigenvalue weighted by Gasteiger charge is 2.05. The van der Waals surface area contributed by atoms with E-state index in [9.17, 15) is 4.39 Å². The van der Waals surface area contributed by atoms with Crippen LogP contribution in [0.4, 0.5) is 4.39 Å². The Labute approximate surface area is 127 Å². The van der Waals surface area contributed by atoms with Gasteiger partial charge in [0.15, 0.2) is 0 Å². The molecular weight excluding hydrogens is 281 g/mol. The number of rotatable bonds is 3. The number of benzene rings is 3. The Balaban J connectivity index is 1.78. The fourth-order valence-electron chi connectivity index (χ4n) is 2.15. The maximum Gasteiger partial charge on any atom is 0.128 e. The number of hydrogen-bond donors (Lipinski definition) is 0. The van der Waals surface area contributed by atoms with Crippen LogP contribution in [0.3, 0.4) is 0 Å². The largest absolute Gasteiger partial charge is 0.207 e. The average Bonchev–Trinajstić information content (AvgIpc) is 2.53. The van der Waals surface area contributed by atoms with Crippen molar-refractivity contribution in [3.8, 4) is 6.07 Å². The molecule has 0 aliphatic rings. The summed E-state index contributed by atoms with van der Waals surface area (Å²) in [4.78, 5) is 1.11. The molecule has 3 rings (SSSR count). The predicted octanol–water partition coefficient (Wildman–Crippen LogP) is 5.14. The topological polar surface area (TPSA) is 23.8 Å². The molecule has 0 aliphatic carbocycles. The summed E-state index contributed by atoms with van der Waals surface area (Å²) in [6.45, 7) is 0. The van der Waals surface area contributed by atoms with Gasteiger partial charge in [0, 0.05) is 10.6 Å². The SMILES string of the molecule is N#Cc1ccc(CSc2ccc3ccccc3c2)c(F)c1. The first kappa shape index (κ1) is 13.7. The Morgan fingerprint density at radius 2 is 1.76 bits per heavy atom. The van der Waals surface area contributed by atoms with Gasteiger partial charge in [0.25, 0.3) is 0 Å². The standard InChI is InChI=1S/C18H12FNS/c19-18-9-13(11-20)5-6-16(18)12-21-17-8-7-14-3-1-2-4-15(14)10-17/h1-10H,12H2. The smallest absolute Gasteiger partial charge is 0.128 e. The van der Waals surface area contributed by atoms with Crippen molar-refractivity contribution in [2.24, 2.45) is 0 Å². The van der Waals surface area contributed by atoms with Gasteiger partial charge in [0.2, 0.25) is 0 Å². The van der Waals surface area contributed by atoms with Crippen molar-refractivity contribution in [1.82, 2.24) is 0 Å². The highest BCUT2D eigenvalue weighted by Crippen LogP contribution is 2.27. The lowest BCUT2D eigenvalue weighted by molar-refractivity contribution is 0.617. The second kappa shape index (κ2) is 5.99. The number of nitriles is 1. The fraction of sp³-hybridized carbons (Fsp3) is 0.0556. The second-order valence-electron chi connectivity index (χ2n) is 4.72. The zero-order chi connectivity index (χ0) is 14.7. The number of halogens is 1. The summed E-state index contributed by atoms with van der Waals surface area (Å²) in [5, 5.41) is 11.1. The van der Waals surface area contributed by atoms with Crippen LogP contribution in [0, 0.1) is 17.1 Å². The van der Waals surface area contributed by atoms with Crippen molar-refractivity contribution >= 4 is 22.5 Å². The van der Waals surface area contributed by atoms with Gasteiger partial charge in [-0.1, -0.05) is 36.4 Å². The monoisotopic (exact) mass is 293 g/mol. The molecule has 0 fully saturated rings. The van der Waals surface area contributed by atoms with E-state index in [1.165, 1.54) is 16.8 Å². The van der Waals surface area contributed by atoms with Crippen molar-refractivity contribution in [1.29, 1.82) is 5.26 Å². The number of thioether (sulfide) groups is 1. The highest BCUT2D eigenvalue weighted by atomic mass is 32.2. The van der Waals surface area contributed by atoms with E-state index in [0.717, 1.165) is 4.90 Å². The first-order valence-corrected chi connectivity index (χ1v) is 7.55. The minimum absolute atomic E-state index is 0.317. The quantitative estimate of drug-likeness (QED) is 0.624. The van der Waals surface area contributed by atoms with Crippen LogP contribution in [0.15, 0.2) is 65.6 Å². The lowest BCUT2D eigenvalue weighted by Crippen LogP contribution is -1.89. The Hall–Kier alpha value is -2.31. The van der Waals surface area contributed by atoms with Crippen LogP contribution in [0.1, 0.15) is 11.1 Å². The van der Waals surface area contributed by atoms with E-state index >= 15 is 0 Å². The van der Waals surface area contributed by atoms with E-state index in [1.807, 2.05) is 18.2 Å². The first-order chi connectivity index (χ1) is 10.3. The molecule has 0 N–H and O–H groups in total. The molecule has 0 radical (unpaired) electrons. The van der Waals surface area contributed by atoms with Gasteiger partial charge in [-0.2, -0.15) is 5.26 Å². The molecule has 21 heavy (non-hydrogen) atoms. The Bertz CT molecular complexity index is 836. The molecule has 0 atom stereocenters. The predicted molar refractivity (Wildman–Crippen MR) is 84.6 cm³/mol. The van der Waals surface area contributed by atoms with Gasteiger partial charge in [-0.3, -0.25) is 0 Å². The molecule has 0 aliphatic heterocycles. The van der Waals surface area contributed by atoms with Gasteiger partial charge in [-0.15, -0.1) is 11.8 Å². The molecule has 0 spiro atoms. The van der Waals surface area contributed by atoms with E-state index in [4.69, 9.17) is 5.26 Å². The van der Waals surface area contributed by atoms with Crippen molar-refractivity contribution in [3.63, 3.8) is 0 Å². The van der Waals surface area contributed by atoms with Gasteiger partial charge in [0.1, 0.15) is 5.82 Å². The van der Waals surface area contributed by atoms with E-state index in [2.05, 4.69) is 30.3 Å². The van der Waals surface area contributed by atoms with Gasteiger partial charge in [-0.05, 0) is 40.6 Å². The van der Waals surface area contributed by atoms with Crippen molar-refractivity contribution in [2.45, 2.75) is 10.6 Å². The van der Waals surface area contributed by atoms with Gasteiger partial charge in [0.05, 0.1) is 11.6 Å². The van der Waals surface area contributed by atoms with Crippen LogP contribution in [0.5, 0.6) is 0 Å². The molecule has 0 amide bonds. The number of fused-ring (bicyclic) bond motifs is 1. The average molecular weight is 293 g/mol. The van der Waals surface area contributed by atoms with E-state index in [-0.39, 0.29) is 5.82 Å². The van der Waals surface area contributed by atoms with Crippen LogP contribution in [-0.4, -0.2) is 0 Å². The minimum atomic E-state index is -0.317. The zero-order valence-corrected chi connectivity index (χ0v) is 12.0. The molecule has 102 valence electrons. The molecule has 3 heteroatoms. The maximum atomic E-state index is 13.8. The summed E-state index contributed by atoms with van der Waals surface area (Å²) in [7, 11) is 0. The molecule has 0 saturated carbocycles. The molecule has 0 unspecified atom stereocenters. The van der Waals surface area contributed by atoms with Gasteiger partial charge >= 0.3 is 0 Å². The van der Waals surface area contributed by atoms with Crippen molar-refractivity contribution in [3.05, 3.63) is 77.6 Å². The van der Waals surface area contributed by atoms with Gasteiger partial charge < -0.3 is 0 Å². The Morgan fingerprint density at radius 3 is 2.52 bits per heavy atom. The number of nitrogens with zero attached hydrogens (tertiary/aromatic N) is 1. The Morgan fingerprint density at radius 1 is 0.952 bits per heavy atom. The van der Waals surface area contributed by atoms with Crippen LogP contribution >= 0.6 is 11.8 Å². The van der Waals surface area contributed by atoms with Crippen LogP contribution in [-0.2, 0) is 5.75 Å². The molecular formula is C18H12FNS. The summed E-state index contributed by atoms with van der Waals surface area (Å²) in [6, 6.07) is 21.0. The normalized spacial score (nSPS) is 10.5. The third kappa shape index (κ3) is 3.07. The molecule has 0 heterocycles. The van der Waals surface area contributed by atoms with E-state index < -0.39 is 0 Å². The van der Waals surface area contributed by atoms with Crippen LogP contribution in [0.2, 0.25) is 0 Å². The van der Waals surface area contributed by atoms with Crippen LogP contribution in [0.25, 0.3) is 10.8 Å². The first-order valence-electron chi connectivity index (χ1n) is 6.56. The fourth-order valence-corrected chi connectivity index (χ4v) is 3.08. The summed E-state index contributed by atoms with van der Waals surface area (Å²) >= 11 is 1.59. The van der Waals surface area contributed by atoms with Crippen molar-refractivity contribution in [2.75, 3.05) is 0 Å². The molecule has 0 saturated heterocycles. The summed E-state index contributed by atoms with van der Waals surface area (Å²) < 4.78 is 13.8. The minimum Gasteiger partial charge on any atom is -0.207 e. The zero-order valence-electron chi connectivity index (χ0n) is 11.2. The lowest BCUT2D eigenvalue weighted by atomic mass is 10.1. The van der Waals surface area contributed by atoms with E-state index in [0.29, 0.717) is 16.9 Å². The third-order valence-corrected chi connectivity index (χ3v) is 4.34. The Kier molecular flexibility index (Phi) is 3.89. The van der Waals surface area contributed by atoms with Crippen LogP contribution < -0.4 is 0 Å². The molecule has 3 aromatic rings. The van der Waals surface area contributed by atoms with E-state index in [1.54, 1.807) is 23.9 Å². The summed E-state index contributed by atoms with van der Waals surface area (Å²) in [6.07, 6.45) is 0. The molecule has 0 aromatic heterocycles. The number of hydrogen-bond acceptors (Lipinski definition) is 2. The third-order valence-electron chi connectivity index (χ3n) is 3.30. The lowest BCUT2D eigenvalue weighted by Gasteiger charge is -2.05. The van der Waals surface area contributed by atoms with Crippen molar-refractivity contribution < 1.29 is 4.39 Å². The molecule has 3 aromatic carbocycles. The summed E-state index contributed by atoms with van der Waals surface area (Å²) in [5.41, 5.74) is 0.971. The summed E-state index contributed by atoms with van der Waals surface area (Å²) in [5.74, 6) is 0.234. The highest BCUT2D eigenvalue weighted by molar-refractivity contribution is 7.98. The molecule has 0 bridgehead atoms. The maximum absolute atomic E-state index is 13.8. The second-order valence-corrected chi connectivity index (χ2v) is 5.76. The van der Waals surface area contributed by atoms with Gasteiger partial charge in [-0.25, -0.2) is 4.39 Å². The molecule has 1 nitrogen and oxygen atoms in total.